The molecule has 0 aliphatic rings. The van der Waals surface area contributed by atoms with E-state index >= 15 is 0 Å². The minimum Gasteiger partial charge on any atom is -0.457 e. The summed E-state index contributed by atoms with van der Waals surface area (Å²) in [6.07, 6.45) is 1.58. The molecule has 0 saturated heterocycles. The molecule has 3 aromatic carbocycles. The number of amides is 1. The number of ether oxygens (including phenoxy) is 1. The van der Waals surface area contributed by atoms with Gasteiger partial charge in [-0.25, -0.2) is 5.43 Å². The van der Waals surface area contributed by atoms with Gasteiger partial charge in [0, 0.05) is 5.69 Å². The fourth-order valence-corrected chi connectivity index (χ4v) is 2.36. The van der Waals surface area contributed by atoms with Crippen molar-refractivity contribution in [3.63, 3.8) is 0 Å². The summed E-state index contributed by atoms with van der Waals surface area (Å²) < 4.78 is 5.78. The zero-order valence-electron chi connectivity index (χ0n) is 15.1. The Bertz CT molecular complexity index is 906. The average molecular weight is 359 g/mol. The molecule has 0 bridgehead atoms. The SMILES string of the molecule is Cc1ccc(NCC(=O)N/N=C/c2cccc(Oc3ccccc3)c2)cc1. The molecule has 27 heavy (non-hydrogen) atoms. The van der Waals surface area contributed by atoms with Crippen molar-refractivity contribution in [2.45, 2.75) is 6.92 Å². The monoisotopic (exact) mass is 359 g/mol. The summed E-state index contributed by atoms with van der Waals surface area (Å²) >= 11 is 0. The highest BCUT2D eigenvalue weighted by atomic mass is 16.5. The van der Waals surface area contributed by atoms with Crippen molar-refractivity contribution in [1.29, 1.82) is 0 Å². The van der Waals surface area contributed by atoms with Crippen LogP contribution in [0.15, 0.2) is 84.0 Å². The average Bonchev–Trinajstić information content (AvgIpc) is 2.69. The Hall–Kier alpha value is -3.60. The van der Waals surface area contributed by atoms with Crippen LogP contribution < -0.4 is 15.5 Å². The normalized spacial score (nSPS) is 10.6. The van der Waals surface area contributed by atoms with E-state index in [-0.39, 0.29) is 12.5 Å². The number of nitrogens with one attached hydrogen (secondary N) is 2. The molecule has 2 N–H and O–H groups in total. The van der Waals surface area contributed by atoms with Gasteiger partial charge in [-0.2, -0.15) is 5.10 Å². The second-order valence-electron chi connectivity index (χ2n) is 6.00. The Morgan fingerprint density at radius 3 is 2.48 bits per heavy atom. The van der Waals surface area contributed by atoms with Crippen molar-refractivity contribution >= 4 is 17.8 Å². The number of hydrazone groups is 1. The summed E-state index contributed by atoms with van der Waals surface area (Å²) in [7, 11) is 0. The highest BCUT2D eigenvalue weighted by molar-refractivity contribution is 5.84. The molecule has 0 saturated carbocycles. The molecule has 0 unspecified atom stereocenters. The molecule has 0 fully saturated rings. The van der Waals surface area contributed by atoms with Gasteiger partial charge in [0.2, 0.25) is 0 Å². The van der Waals surface area contributed by atoms with Gasteiger partial charge >= 0.3 is 0 Å². The predicted octanol–water partition coefficient (Wildman–Crippen LogP) is 4.35. The maximum absolute atomic E-state index is 11.9. The van der Waals surface area contributed by atoms with Crippen LogP contribution >= 0.6 is 0 Å². The molecule has 0 heterocycles. The van der Waals surface area contributed by atoms with Crippen LogP contribution in [0, 0.1) is 6.92 Å². The molecular weight excluding hydrogens is 338 g/mol. The number of hydrogen-bond acceptors (Lipinski definition) is 4. The first-order valence-electron chi connectivity index (χ1n) is 8.64. The molecule has 3 rings (SSSR count). The van der Waals surface area contributed by atoms with Crippen LogP contribution in [0.25, 0.3) is 0 Å². The number of carbonyl (C=O) groups is 1. The van der Waals surface area contributed by atoms with E-state index in [1.807, 2.05) is 85.8 Å². The Morgan fingerprint density at radius 1 is 0.963 bits per heavy atom. The maximum Gasteiger partial charge on any atom is 0.259 e. The lowest BCUT2D eigenvalue weighted by molar-refractivity contribution is -0.119. The molecule has 0 atom stereocenters. The van der Waals surface area contributed by atoms with E-state index < -0.39 is 0 Å². The predicted molar refractivity (Wildman–Crippen MR) is 108 cm³/mol. The molecule has 136 valence electrons. The van der Waals surface area contributed by atoms with Crippen LogP contribution in [0.5, 0.6) is 11.5 Å². The van der Waals surface area contributed by atoms with E-state index in [9.17, 15) is 4.79 Å². The molecule has 0 radical (unpaired) electrons. The number of carbonyl (C=O) groups excluding carboxylic acids is 1. The third-order valence-corrected chi connectivity index (χ3v) is 3.74. The molecule has 0 spiro atoms. The molecule has 0 aliphatic carbocycles. The summed E-state index contributed by atoms with van der Waals surface area (Å²) in [5.41, 5.74) is 5.41. The number of rotatable bonds is 7. The third-order valence-electron chi connectivity index (χ3n) is 3.74. The van der Waals surface area contributed by atoms with E-state index in [1.165, 1.54) is 5.56 Å². The van der Waals surface area contributed by atoms with Crippen molar-refractivity contribution < 1.29 is 9.53 Å². The van der Waals surface area contributed by atoms with Crippen molar-refractivity contribution in [3.05, 3.63) is 90.0 Å². The highest BCUT2D eigenvalue weighted by Gasteiger charge is 2.00. The second-order valence-corrected chi connectivity index (χ2v) is 6.00. The quantitative estimate of drug-likeness (QED) is 0.487. The number of para-hydroxylation sites is 1. The molecule has 5 nitrogen and oxygen atoms in total. The van der Waals surface area contributed by atoms with E-state index in [1.54, 1.807) is 6.21 Å². The van der Waals surface area contributed by atoms with Gasteiger partial charge in [-0.1, -0.05) is 48.0 Å². The fourth-order valence-electron chi connectivity index (χ4n) is 2.36. The van der Waals surface area contributed by atoms with Crippen molar-refractivity contribution in [2.75, 3.05) is 11.9 Å². The first kappa shape index (κ1) is 18.2. The molecule has 3 aromatic rings. The molecule has 5 heteroatoms. The van der Waals surface area contributed by atoms with Gasteiger partial charge in [0.1, 0.15) is 11.5 Å². The number of nitrogens with zero attached hydrogens (tertiary/aromatic N) is 1. The van der Waals surface area contributed by atoms with Gasteiger partial charge in [0.15, 0.2) is 0 Å². The number of hydrogen-bond donors (Lipinski definition) is 2. The van der Waals surface area contributed by atoms with Crippen LogP contribution in [-0.4, -0.2) is 18.7 Å². The van der Waals surface area contributed by atoms with E-state index in [0.29, 0.717) is 5.75 Å². The first-order chi connectivity index (χ1) is 13.2. The summed E-state index contributed by atoms with van der Waals surface area (Å²) in [5.74, 6) is 1.25. The lowest BCUT2D eigenvalue weighted by Gasteiger charge is -2.06. The number of anilines is 1. The number of aryl methyl sites for hydroxylation is 1. The van der Waals surface area contributed by atoms with Gasteiger partial charge in [-0.05, 0) is 48.9 Å². The van der Waals surface area contributed by atoms with Gasteiger partial charge < -0.3 is 10.1 Å². The standard InChI is InChI=1S/C22H21N3O2/c1-17-10-12-19(13-11-17)23-16-22(26)25-24-15-18-6-5-9-21(14-18)27-20-7-3-2-4-8-20/h2-15,23H,16H2,1H3,(H,25,26)/b24-15+. The summed E-state index contributed by atoms with van der Waals surface area (Å²) in [4.78, 5) is 11.9. The van der Waals surface area contributed by atoms with Crippen LogP contribution in [0.1, 0.15) is 11.1 Å². The molecule has 1 amide bonds. The molecular formula is C22H21N3O2. The molecule has 0 aromatic heterocycles. The van der Waals surface area contributed by atoms with Crippen molar-refractivity contribution in [3.8, 4) is 11.5 Å². The van der Waals surface area contributed by atoms with Gasteiger partial charge in [0.05, 0.1) is 12.8 Å². The maximum atomic E-state index is 11.9. The van der Waals surface area contributed by atoms with Crippen LogP contribution in [0.2, 0.25) is 0 Å². The highest BCUT2D eigenvalue weighted by Crippen LogP contribution is 2.21. The Balaban J connectivity index is 1.49. The topological polar surface area (TPSA) is 62.7 Å². The minimum atomic E-state index is -0.219. The minimum absolute atomic E-state index is 0.150. The lowest BCUT2D eigenvalue weighted by atomic mass is 10.2. The first-order valence-corrected chi connectivity index (χ1v) is 8.64. The third kappa shape index (κ3) is 6.01. The van der Waals surface area contributed by atoms with E-state index in [0.717, 1.165) is 17.0 Å². The zero-order valence-corrected chi connectivity index (χ0v) is 15.1. The fraction of sp³-hybridized carbons (Fsp3) is 0.0909. The summed E-state index contributed by atoms with van der Waals surface area (Å²) in [6, 6.07) is 24.9. The van der Waals surface area contributed by atoms with Crippen molar-refractivity contribution in [2.24, 2.45) is 5.10 Å². The smallest absolute Gasteiger partial charge is 0.259 e. The van der Waals surface area contributed by atoms with E-state index in [2.05, 4.69) is 15.8 Å². The van der Waals surface area contributed by atoms with Crippen molar-refractivity contribution in [1.82, 2.24) is 5.43 Å². The molecule has 0 aliphatic heterocycles. The Morgan fingerprint density at radius 2 is 1.70 bits per heavy atom. The zero-order chi connectivity index (χ0) is 18.9. The van der Waals surface area contributed by atoms with Gasteiger partial charge in [0.25, 0.3) is 5.91 Å². The van der Waals surface area contributed by atoms with Gasteiger partial charge in [-0.3, -0.25) is 4.79 Å². The Labute approximate surface area is 158 Å². The number of benzene rings is 3. The Kier molecular flexibility index (Phi) is 6.20. The summed E-state index contributed by atoms with van der Waals surface area (Å²) in [5, 5.41) is 7.05. The second kappa shape index (κ2) is 9.20. The van der Waals surface area contributed by atoms with Crippen LogP contribution in [0.3, 0.4) is 0 Å². The van der Waals surface area contributed by atoms with Gasteiger partial charge in [-0.15, -0.1) is 0 Å². The van der Waals surface area contributed by atoms with Crippen LogP contribution in [0.4, 0.5) is 5.69 Å². The van der Waals surface area contributed by atoms with Crippen LogP contribution in [-0.2, 0) is 4.79 Å². The largest absolute Gasteiger partial charge is 0.457 e. The van der Waals surface area contributed by atoms with E-state index in [4.69, 9.17) is 4.74 Å². The summed E-state index contributed by atoms with van der Waals surface area (Å²) in [6.45, 7) is 2.17. The lowest BCUT2D eigenvalue weighted by Crippen LogP contribution is -2.25.